The number of methoxy groups -OCH3 is 2. The molecule has 0 fully saturated rings. The van der Waals surface area contributed by atoms with E-state index in [9.17, 15) is 5.11 Å². The summed E-state index contributed by atoms with van der Waals surface area (Å²) in [4.78, 5) is 0. The molecule has 3 heteroatoms. The van der Waals surface area contributed by atoms with Gasteiger partial charge in [-0.1, -0.05) is 5.76 Å². The van der Waals surface area contributed by atoms with Crippen molar-refractivity contribution in [1.82, 2.24) is 0 Å². The molecule has 8 heavy (non-hydrogen) atoms. The molecule has 0 saturated heterocycles. The number of hydrogen-bond acceptors (Lipinski definition) is 3. The van der Waals surface area contributed by atoms with E-state index >= 15 is 0 Å². The van der Waals surface area contributed by atoms with Gasteiger partial charge in [-0.25, -0.2) is 0 Å². The van der Waals surface area contributed by atoms with E-state index in [0.29, 0.717) is 0 Å². The van der Waals surface area contributed by atoms with Gasteiger partial charge >= 0.3 is 0 Å². The van der Waals surface area contributed by atoms with Crippen molar-refractivity contribution in [2.45, 2.75) is 6.29 Å². The van der Waals surface area contributed by atoms with E-state index in [-0.39, 0.29) is 5.76 Å². The second-order valence-corrected chi connectivity index (χ2v) is 1.27. The molecule has 0 N–H and O–H groups in total. The van der Waals surface area contributed by atoms with Gasteiger partial charge in [0.1, 0.15) is 0 Å². The number of rotatable bonds is 3. The molecule has 0 spiro atoms. The van der Waals surface area contributed by atoms with E-state index in [1.807, 2.05) is 0 Å². The van der Waals surface area contributed by atoms with E-state index in [2.05, 4.69) is 16.1 Å². The summed E-state index contributed by atoms with van der Waals surface area (Å²) in [5, 5.41) is 10.2. The molecule has 0 amide bonds. The Morgan fingerprint density at radius 2 is 1.88 bits per heavy atom. The lowest BCUT2D eigenvalue weighted by Gasteiger charge is -2.18. The molecule has 0 heterocycles. The Morgan fingerprint density at radius 3 is 1.88 bits per heavy atom. The largest absolute Gasteiger partial charge is 0.872 e. The fraction of sp³-hybridized carbons (Fsp3) is 0.600. The Labute approximate surface area is 48.5 Å². The average Bonchev–Trinajstić information content (AvgIpc) is 1.69. The molecule has 0 aliphatic rings. The van der Waals surface area contributed by atoms with Crippen molar-refractivity contribution in [2.24, 2.45) is 0 Å². The smallest absolute Gasteiger partial charge is 0.168 e. The average molecular weight is 117 g/mol. The van der Waals surface area contributed by atoms with E-state index in [1.54, 1.807) is 0 Å². The monoisotopic (exact) mass is 117 g/mol. The van der Waals surface area contributed by atoms with Gasteiger partial charge in [-0.3, -0.25) is 0 Å². The fourth-order valence-electron chi connectivity index (χ4n) is 0.359. The fourth-order valence-corrected chi connectivity index (χ4v) is 0.359. The summed E-state index contributed by atoms with van der Waals surface area (Å²) in [5.41, 5.74) is 0. The Kier molecular flexibility index (Phi) is 3.23. The molecule has 0 aromatic heterocycles. The maximum absolute atomic E-state index is 10.2. The van der Waals surface area contributed by atoms with Crippen molar-refractivity contribution in [3.63, 3.8) is 0 Å². The lowest BCUT2D eigenvalue weighted by atomic mass is 10.5. The van der Waals surface area contributed by atoms with Crippen LogP contribution >= 0.6 is 0 Å². The van der Waals surface area contributed by atoms with Gasteiger partial charge in [0.25, 0.3) is 0 Å². The van der Waals surface area contributed by atoms with Crippen molar-refractivity contribution < 1.29 is 14.6 Å². The quantitative estimate of drug-likeness (QED) is 0.369. The minimum absolute atomic E-state index is 0.366. The van der Waals surface area contributed by atoms with Crippen LogP contribution in [0.1, 0.15) is 0 Å². The summed E-state index contributed by atoms with van der Waals surface area (Å²) in [5.74, 6) is -0.366. The van der Waals surface area contributed by atoms with E-state index in [1.165, 1.54) is 14.2 Å². The first kappa shape index (κ1) is 7.46. The minimum atomic E-state index is -0.796. The van der Waals surface area contributed by atoms with Crippen LogP contribution in [0.2, 0.25) is 0 Å². The highest BCUT2D eigenvalue weighted by molar-refractivity contribution is 4.80. The normalized spacial score (nSPS) is 9.88. The molecule has 0 atom stereocenters. The molecule has 3 nitrogen and oxygen atoms in total. The van der Waals surface area contributed by atoms with E-state index < -0.39 is 6.29 Å². The number of ether oxygens (including phenoxy) is 2. The molecule has 0 aromatic carbocycles. The minimum Gasteiger partial charge on any atom is -0.872 e. The van der Waals surface area contributed by atoms with Crippen LogP contribution in [0.3, 0.4) is 0 Å². The van der Waals surface area contributed by atoms with Gasteiger partial charge in [-0.15, -0.1) is 6.58 Å². The maximum Gasteiger partial charge on any atom is 0.168 e. The summed E-state index contributed by atoms with van der Waals surface area (Å²) < 4.78 is 9.05. The zero-order valence-electron chi connectivity index (χ0n) is 5.01. The molecular formula is C5H9O3-. The molecule has 0 unspecified atom stereocenters. The lowest BCUT2D eigenvalue weighted by molar-refractivity contribution is -0.341. The third-order valence-corrected chi connectivity index (χ3v) is 0.691. The first-order valence-corrected chi connectivity index (χ1v) is 2.13. The summed E-state index contributed by atoms with van der Waals surface area (Å²) in [6, 6.07) is 0. The molecule has 0 radical (unpaired) electrons. The first-order chi connectivity index (χ1) is 3.72. The lowest BCUT2D eigenvalue weighted by Crippen LogP contribution is -2.23. The predicted octanol–water partition coefficient (Wildman–Crippen LogP) is -0.521. The van der Waals surface area contributed by atoms with Gasteiger partial charge < -0.3 is 14.6 Å². The summed E-state index contributed by atoms with van der Waals surface area (Å²) in [6.07, 6.45) is -0.796. The maximum atomic E-state index is 10.2. The highest BCUT2D eigenvalue weighted by Gasteiger charge is 1.97. The Bertz CT molecular complexity index is 75.7. The topological polar surface area (TPSA) is 41.5 Å². The van der Waals surface area contributed by atoms with Gasteiger partial charge in [0.05, 0.1) is 0 Å². The molecule has 48 valence electrons. The standard InChI is InChI=1S/C5H10O3/c1-4(6)5(7-2)8-3/h5-6H,1H2,2-3H3/p-1. The second kappa shape index (κ2) is 3.46. The van der Waals surface area contributed by atoms with Crippen molar-refractivity contribution in [3.05, 3.63) is 12.3 Å². The highest BCUT2D eigenvalue weighted by atomic mass is 16.7. The molecule has 0 aromatic rings. The van der Waals surface area contributed by atoms with Crippen LogP contribution < -0.4 is 5.11 Å². The van der Waals surface area contributed by atoms with Crippen LogP contribution in [0.4, 0.5) is 0 Å². The SMILES string of the molecule is C=C([O-])C(OC)OC. The van der Waals surface area contributed by atoms with Crippen molar-refractivity contribution in [1.29, 1.82) is 0 Å². The van der Waals surface area contributed by atoms with E-state index in [4.69, 9.17) is 0 Å². The van der Waals surface area contributed by atoms with Crippen LogP contribution in [-0.2, 0) is 9.47 Å². The molecule has 0 aliphatic carbocycles. The Hall–Kier alpha value is -0.540. The Morgan fingerprint density at radius 1 is 1.50 bits per heavy atom. The predicted molar refractivity (Wildman–Crippen MR) is 26.9 cm³/mol. The molecule has 0 rings (SSSR count). The van der Waals surface area contributed by atoms with Gasteiger partial charge in [0.2, 0.25) is 0 Å². The first-order valence-electron chi connectivity index (χ1n) is 2.13. The zero-order valence-corrected chi connectivity index (χ0v) is 5.01. The van der Waals surface area contributed by atoms with Crippen LogP contribution in [0.25, 0.3) is 0 Å². The van der Waals surface area contributed by atoms with Crippen LogP contribution in [0.15, 0.2) is 12.3 Å². The zero-order chi connectivity index (χ0) is 6.57. The molecule has 0 saturated carbocycles. The van der Waals surface area contributed by atoms with Crippen molar-refractivity contribution >= 4 is 0 Å². The van der Waals surface area contributed by atoms with Crippen LogP contribution in [0, 0.1) is 0 Å². The molecule has 0 aliphatic heterocycles. The Balaban J connectivity index is 3.52. The van der Waals surface area contributed by atoms with Gasteiger partial charge in [-0.05, 0) is 0 Å². The second-order valence-electron chi connectivity index (χ2n) is 1.27. The van der Waals surface area contributed by atoms with Crippen LogP contribution in [-0.4, -0.2) is 20.5 Å². The third kappa shape index (κ3) is 1.95. The van der Waals surface area contributed by atoms with Gasteiger partial charge in [0, 0.05) is 14.2 Å². The summed E-state index contributed by atoms with van der Waals surface area (Å²) >= 11 is 0. The summed E-state index contributed by atoms with van der Waals surface area (Å²) in [7, 11) is 2.77. The van der Waals surface area contributed by atoms with Crippen molar-refractivity contribution in [3.8, 4) is 0 Å². The van der Waals surface area contributed by atoms with Crippen molar-refractivity contribution in [2.75, 3.05) is 14.2 Å². The third-order valence-electron chi connectivity index (χ3n) is 0.691. The molecular weight excluding hydrogens is 108 g/mol. The summed E-state index contributed by atoms with van der Waals surface area (Å²) in [6.45, 7) is 3.09. The van der Waals surface area contributed by atoms with Gasteiger partial charge in [-0.2, -0.15) is 0 Å². The highest BCUT2D eigenvalue weighted by Crippen LogP contribution is 1.94. The number of hydrogen-bond donors (Lipinski definition) is 0. The van der Waals surface area contributed by atoms with Crippen LogP contribution in [0.5, 0.6) is 0 Å². The van der Waals surface area contributed by atoms with Gasteiger partial charge in [0.15, 0.2) is 6.29 Å². The molecule has 0 bridgehead atoms. The van der Waals surface area contributed by atoms with E-state index in [0.717, 1.165) is 0 Å².